The van der Waals surface area contributed by atoms with E-state index in [0.717, 1.165) is 31.5 Å². The summed E-state index contributed by atoms with van der Waals surface area (Å²) in [5.41, 5.74) is 5.52. The van der Waals surface area contributed by atoms with E-state index in [1.165, 1.54) is 22.9 Å². The number of benzene rings is 3. The van der Waals surface area contributed by atoms with Gasteiger partial charge in [0.25, 0.3) is 0 Å². The van der Waals surface area contributed by atoms with Crippen LogP contribution in [0.4, 0.5) is 10.1 Å². The summed E-state index contributed by atoms with van der Waals surface area (Å²) in [4.78, 5) is 14.0. The number of aryl methyl sites for hydroxylation is 1. The van der Waals surface area contributed by atoms with Gasteiger partial charge in [-0.05, 0) is 48.9 Å². The number of fused-ring (bicyclic) bond motifs is 1. The van der Waals surface area contributed by atoms with Gasteiger partial charge in [0.05, 0.1) is 6.61 Å². The van der Waals surface area contributed by atoms with Crippen LogP contribution in [0.2, 0.25) is 0 Å². The zero-order chi connectivity index (χ0) is 23.0. The topological polar surface area (TPSA) is 38.8 Å². The van der Waals surface area contributed by atoms with Crippen molar-refractivity contribution in [1.29, 1.82) is 0 Å². The van der Waals surface area contributed by atoms with Crippen molar-refractivity contribution in [2.24, 2.45) is 0 Å². The van der Waals surface area contributed by atoms with E-state index in [1.54, 1.807) is 19.1 Å². The highest BCUT2D eigenvalue weighted by Gasteiger charge is 2.22. The third kappa shape index (κ3) is 5.92. The number of esters is 1. The minimum atomic E-state index is -0.362. The summed E-state index contributed by atoms with van der Waals surface area (Å²) in [7, 11) is 0. The normalized spacial score (nSPS) is 12.5. The summed E-state index contributed by atoms with van der Waals surface area (Å²) in [6, 6.07) is 21.7. The van der Waals surface area contributed by atoms with E-state index in [4.69, 9.17) is 9.47 Å². The maximum absolute atomic E-state index is 14.5. The molecule has 0 aliphatic carbocycles. The van der Waals surface area contributed by atoms with E-state index in [1.807, 2.05) is 6.07 Å². The van der Waals surface area contributed by atoms with Crippen LogP contribution in [0, 0.1) is 5.82 Å². The molecule has 3 aromatic rings. The number of halogens is 1. The molecule has 0 bridgehead atoms. The molecule has 0 saturated heterocycles. The Morgan fingerprint density at radius 1 is 1.00 bits per heavy atom. The van der Waals surface area contributed by atoms with Crippen LogP contribution in [0.3, 0.4) is 0 Å². The number of hydrogen-bond acceptors (Lipinski definition) is 4. The van der Waals surface area contributed by atoms with Crippen molar-refractivity contribution in [3.05, 3.63) is 94.8 Å². The Bertz CT molecular complexity index is 1080. The van der Waals surface area contributed by atoms with E-state index in [0.29, 0.717) is 30.9 Å². The van der Waals surface area contributed by atoms with Gasteiger partial charge in [-0.3, -0.25) is 4.79 Å². The lowest BCUT2D eigenvalue weighted by atomic mass is 10.1. The van der Waals surface area contributed by atoms with Crippen LogP contribution < -0.4 is 9.64 Å². The van der Waals surface area contributed by atoms with Crippen LogP contribution >= 0.6 is 0 Å². The lowest BCUT2D eigenvalue weighted by molar-refractivity contribution is -0.143. The van der Waals surface area contributed by atoms with Gasteiger partial charge >= 0.3 is 5.97 Å². The monoisotopic (exact) mass is 447 g/mol. The standard InChI is InChI=1S/C28H30FNO3/c1-2-32-27(31)14-12-22-11-13-25(19-26(22)29)33-20-24-10-6-9-23-16-18-30(28(23)24)17-15-21-7-4-3-5-8-21/h3-11,13,19H,2,12,14-18,20H2,1H3. The Labute approximate surface area is 195 Å². The fraction of sp³-hybridized carbons (Fsp3) is 0.321. The first kappa shape index (κ1) is 22.8. The number of ether oxygens (including phenoxy) is 2. The highest BCUT2D eigenvalue weighted by Crippen LogP contribution is 2.33. The third-order valence-electron chi connectivity index (χ3n) is 6.01. The number of nitrogens with zero attached hydrogens (tertiary/aromatic N) is 1. The smallest absolute Gasteiger partial charge is 0.306 e. The zero-order valence-electron chi connectivity index (χ0n) is 19.1. The predicted octanol–water partition coefficient (Wildman–Crippen LogP) is 5.51. The van der Waals surface area contributed by atoms with E-state index in [-0.39, 0.29) is 18.2 Å². The largest absolute Gasteiger partial charge is 0.489 e. The number of hydrogen-bond donors (Lipinski definition) is 0. The van der Waals surface area contributed by atoms with Gasteiger partial charge in [0.2, 0.25) is 0 Å². The van der Waals surface area contributed by atoms with Gasteiger partial charge in [0.15, 0.2) is 0 Å². The maximum atomic E-state index is 14.5. The van der Waals surface area contributed by atoms with Gasteiger partial charge in [-0.25, -0.2) is 4.39 Å². The average molecular weight is 448 g/mol. The fourth-order valence-electron chi connectivity index (χ4n) is 4.32. The summed E-state index contributed by atoms with van der Waals surface area (Å²) < 4.78 is 25.4. The van der Waals surface area contributed by atoms with Crippen molar-refractivity contribution in [3.8, 4) is 5.75 Å². The molecule has 1 heterocycles. The summed E-state index contributed by atoms with van der Waals surface area (Å²) in [5, 5.41) is 0. The lowest BCUT2D eigenvalue weighted by Gasteiger charge is -2.22. The zero-order valence-corrected chi connectivity index (χ0v) is 19.1. The molecule has 5 heteroatoms. The first-order chi connectivity index (χ1) is 16.1. The molecule has 1 aliphatic heterocycles. The van der Waals surface area contributed by atoms with Crippen molar-refractivity contribution < 1.29 is 18.7 Å². The number of carbonyl (C=O) groups excluding carboxylic acids is 1. The summed E-state index contributed by atoms with van der Waals surface area (Å²) >= 11 is 0. The second kappa shape index (κ2) is 11.0. The minimum absolute atomic E-state index is 0.167. The van der Waals surface area contributed by atoms with Crippen molar-refractivity contribution in [2.75, 3.05) is 24.6 Å². The Morgan fingerprint density at radius 3 is 2.64 bits per heavy atom. The molecule has 0 N–H and O–H groups in total. The van der Waals surface area contributed by atoms with Crippen molar-refractivity contribution in [3.63, 3.8) is 0 Å². The van der Waals surface area contributed by atoms with Crippen LogP contribution in [-0.2, 0) is 35.4 Å². The molecule has 0 saturated carbocycles. The molecule has 4 nitrogen and oxygen atoms in total. The SMILES string of the molecule is CCOC(=O)CCc1ccc(OCc2cccc3c2N(CCc2ccccc2)CC3)cc1F. The molecule has 0 fully saturated rings. The highest BCUT2D eigenvalue weighted by molar-refractivity contribution is 5.69. The number of carbonyl (C=O) groups is 1. The Balaban J connectivity index is 1.39. The molecule has 1 aliphatic rings. The van der Waals surface area contributed by atoms with E-state index < -0.39 is 0 Å². The van der Waals surface area contributed by atoms with Crippen molar-refractivity contribution in [1.82, 2.24) is 0 Å². The highest BCUT2D eigenvalue weighted by atomic mass is 19.1. The summed E-state index contributed by atoms with van der Waals surface area (Å²) in [6.45, 7) is 4.43. The van der Waals surface area contributed by atoms with Gasteiger partial charge in [0, 0.05) is 36.8 Å². The second-order valence-corrected chi connectivity index (χ2v) is 8.24. The quantitative estimate of drug-likeness (QED) is 0.385. The fourth-order valence-corrected chi connectivity index (χ4v) is 4.32. The van der Waals surface area contributed by atoms with Gasteiger partial charge in [-0.2, -0.15) is 0 Å². The molecule has 0 unspecified atom stereocenters. The van der Waals surface area contributed by atoms with Crippen molar-refractivity contribution >= 4 is 11.7 Å². The molecule has 0 amide bonds. The molecule has 172 valence electrons. The number of para-hydroxylation sites is 1. The summed E-state index contributed by atoms with van der Waals surface area (Å²) in [6.07, 6.45) is 2.50. The molecule has 0 aromatic heterocycles. The Morgan fingerprint density at radius 2 is 1.85 bits per heavy atom. The number of rotatable bonds is 10. The third-order valence-corrected chi connectivity index (χ3v) is 6.01. The maximum Gasteiger partial charge on any atom is 0.306 e. The van der Waals surface area contributed by atoms with Gasteiger partial charge < -0.3 is 14.4 Å². The number of anilines is 1. The second-order valence-electron chi connectivity index (χ2n) is 8.24. The predicted molar refractivity (Wildman–Crippen MR) is 128 cm³/mol. The molecular formula is C28H30FNO3. The molecule has 0 spiro atoms. The molecule has 3 aromatic carbocycles. The molecule has 4 rings (SSSR count). The molecule has 33 heavy (non-hydrogen) atoms. The Kier molecular flexibility index (Phi) is 7.61. The van der Waals surface area contributed by atoms with E-state index >= 15 is 0 Å². The van der Waals surface area contributed by atoms with E-state index in [2.05, 4.69) is 47.4 Å². The molecular weight excluding hydrogens is 417 g/mol. The average Bonchev–Trinajstić information content (AvgIpc) is 3.25. The van der Waals surface area contributed by atoms with Crippen LogP contribution in [0.5, 0.6) is 5.75 Å². The van der Waals surface area contributed by atoms with Crippen LogP contribution in [0.25, 0.3) is 0 Å². The van der Waals surface area contributed by atoms with Gasteiger partial charge in [0.1, 0.15) is 18.2 Å². The summed E-state index contributed by atoms with van der Waals surface area (Å²) in [5.74, 6) is -0.189. The molecule has 0 radical (unpaired) electrons. The van der Waals surface area contributed by atoms with Crippen LogP contribution in [0.1, 0.15) is 35.6 Å². The van der Waals surface area contributed by atoms with Crippen LogP contribution in [0.15, 0.2) is 66.7 Å². The Hall–Kier alpha value is -3.34. The first-order valence-corrected chi connectivity index (χ1v) is 11.6. The minimum Gasteiger partial charge on any atom is -0.489 e. The first-order valence-electron chi connectivity index (χ1n) is 11.6. The van der Waals surface area contributed by atoms with Gasteiger partial charge in [-0.1, -0.05) is 54.6 Å². The van der Waals surface area contributed by atoms with Gasteiger partial charge in [-0.15, -0.1) is 0 Å². The van der Waals surface area contributed by atoms with Crippen LogP contribution in [-0.4, -0.2) is 25.7 Å². The molecule has 0 atom stereocenters. The van der Waals surface area contributed by atoms with Crippen molar-refractivity contribution in [2.45, 2.75) is 39.2 Å². The lowest BCUT2D eigenvalue weighted by Crippen LogP contribution is -2.24. The van der Waals surface area contributed by atoms with E-state index in [9.17, 15) is 9.18 Å².